The average molecular weight is 283 g/mol. The van der Waals surface area contributed by atoms with Gasteiger partial charge in [-0.2, -0.15) is 0 Å². The Morgan fingerprint density at radius 2 is 1.90 bits per heavy atom. The third-order valence-electron chi connectivity index (χ3n) is 3.20. The van der Waals surface area contributed by atoms with Crippen LogP contribution >= 0.6 is 11.3 Å². The summed E-state index contributed by atoms with van der Waals surface area (Å²) in [5.74, 6) is -0.866. The number of benzene rings is 2. The van der Waals surface area contributed by atoms with Crippen LogP contribution in [-0.2, 0) is 6.54 Å². The number of thiophene rings is 1. The van der Waals surface area contributed by atoms with E-state index in [4.69, 9.17) is 5.11 Å². The minimum Gasteiger partial charge on any atom is -0.477 e. The molecule has 3 aromatic rings. The fourth-order valence-electron chi connectivity index (χ4n) is 2.23. The second kappa shape index (κ2) is 5.35. The van der Waals surface area contributed by atoms with Crippen molar-refractivity contribution < 1.29 is 9.90 Å². The van der Waals surface area contributed by atoms with Crippen LogP contribution in [0.15, 0.2) is 53.9 Å². The van der Waals surface area contributed by atoms with Gasteiger partial charge in [0.1, 0.15) is 4.88 Å². The third kappa shape index (κ3) is 2.38. The summed E-state index contributed by atoms with van der Waals surface area (Å²) in [6, 6.07) is 16.1. The predicted molar refractivity (Wildman–Crippen MR) is 82.6 cm³/mol. The summed E-state index contributed by atoms with van der Waals surface area (Å²) in [5.41, 5.74) is 1.83. The van der Waals surface area contributed by atoms with Crippen LogP contribution in [0.4, 0.5) is 5.69 Å². The van der Waals surface area contributed by atoms with Crippen molar-refractivity contribution >= 4 is 33.8 Å². The SMILES string of the molecule is O=C(O)c1sccc1CNc1cccc2ccccc12. The lowest BCUT2D eigenvalue weighted by molar-refractivity contribution is 0.0701. The molecule has 0 aliphatic heterocycles. The smallest absolute Gasteiger partial charge is 0.346 e. The molecule has 100 valence electrons. The summed E-state index contributed by atoms with van der Waals surface area (Å²) in [5, 5.41) is 16.6. The summed E-state index contributed by atoms with van der Waals surface area (Å²) >= 11 is 1.26. The van der Waals surface area contributed by atoms with Gasteiger partial charge in [-0.1, -0.05) is 36.4 Å². The van der Waals surface area contributed by atoms with Gasteiger partial charge in [-0.05, 0) is 28.5 Å². The molecule has 0 radical (unpaired) electrons. The van der Waals surface area contributed by atoms with Gasteiger partial charge in [-0.25, -0.2) is 4.79 Å². The molecule has 0 unspecified atom stereocenters. The summed E-state index contributed by atoms with van der Waals surface area (Å²) in [6.07, 6.45) is 0. The van der Waals surface area contributed by atoms with Crippen LogP contribution in [0.1, 0.15) is 15.2 Å². The molecule has 3 rings (SSSR count). The molecule has 0 amide bonds. The Morgan fingerprint density at radius 3 is 2.75 bits per heavy atom. The third-order valence-corrected chi connectivity index (χ3v) is 4.14. The number of carboxylic acids is 1. The Morgan fingerprint density at radius 1 is 1.10 bits per heavy atom. The van der Waals surface area contributed by atoms with Crippen molar-refractivity contribution in [1.82, 2.24) is 0 Å². The molecule has 1 heterocycles. The Kier molecular flexibility index (Phi) is 3.39. The van der Waals surface area contributed by atoms with Crippen LogP contribution in [0.2, 0.25) is 0 Å². The van der Waals surface area contributed by atoms with Crippen molar-refractivity contribution in [3.63, 3.8) is 0 Å². The average Bonchev–Trinajstić information content (AvgIpc) is 2.93. The zero-order chi connectivity index (χ0) is 13.9. The largest absolute Gasteiger partial charge is 0.477 e. The first kappa shape index (κ1) is 12.7. The van der Waals surface area contributed by atoms with Gasteiger partial charge in [0.05, 0.1) is 0 Å². The quantitative estimate of drug-likeness (QED) is 0.754. The molecule has 0 saturated carbocycles. The van der Waals surface area contributed by atoms with Crippen molar-refractivity contribution in [2.24, 2.45) is 0 Å². The van der Waals surface area contributed by atoms with Crippen LogP contribution in [0.5, 0.6) is 0 Å². The molecule has 0 fully saturated rings. The second-order valence-corrected chi connectivity index (χ2v) is 5.38. The highest BCUT2D eigenvalue weighted by Crippen LogP contribution is 2.24. The first-order valence-corrected chi connectivity index (χ1v) is 7.15. The van der Waals surface area contributed by atoms with Gasteiger partial charge >= 0.3 is 5.97 Å². The molecule has 20 heavy (non-hydrogen) atoms. The molecule has 2 aromatic carbocycles. The van der Waals surface area contributed by atoms with E-state index in [2.05, 4.69) is 23.5 Å². The Hall–Kier alpha value is -2.33. The molecule has 1 aromatic heterocycles. The number of hydrogen-bond donors (Lipinski definition) is 2. The van der Waals surface area contributed by atoms with Gasteiger partial charge in [-0.15, -0.1) is 11.3 Å². The highest BCUT2D eigenvalue weighted by atomic mass is 32.1. The Labute approximate surface area is 120 Å². The van der Waals surface area contributed by atoms with Gasteiger partial charge < -0.3 is 10.4 Å². The molecular formula is C16H13NO2S. The maximum absolute atomic E-state index is 11.1. The number of carboxylic acid groups (broad SMARTS) is 1. The summed E-state index contributed by atoms with van der Waals surface area (Å²) in [4.78, 5) is 11.5. The van der Waals surface area contributed by atoms with Crippen LogP contribution < -0.4 is 5.32 Å². The monoisotopic (exact) mass is 283 g/mol. The fraction of sp³-hybridized carbons (Fsp3) is 0.0625. The van der Waals surface area contributed by atoms with E-state index in [1.807, 2.05) is 35.7 Å². The molecule has 0 aliphatic rings. The Balaban J connectivity index is 1.87. The highest BCUT2D eigenvalue weighted by Gasteiger charge is 2.11. The number of hydrogen-bond acceptors (Lipinski definition) is 3. The standard InChI is InChI=1S/C16H13NO2S/c18-16(19)15-12(8-9-20-15)10-17-14-7-3-5-11-4-1-2-6-13(11)14/h1-9,17H,10H2,(H,18,19). The summed E-state index contributed by atoms with van der Waals surface area (Å²) < 4.78 is 0. The van der Waals surface area contributed by atoms with E-state index in [0.29, 0.717) is 11.4 Å². The highest BCUT2D eigenvalue weighted by molar-refractivity contribution is 7.12. The van der Waals surface area contributed by atoms with E-state index in [1.54, 1.807) is 0 Å². The lowest BCUT2D eigenvalue weighted by atomic mass is 10.1. The summed E-state index contributed by atoms with van der Waals surface area (Å²) in [6.45, 7) is 0.513. The zero-order valence-electron chi connectivity index (χ0n) is 10.7. The molecule has 2 N–H and O–H groups in total. The second-order valence-electron chi connectivity index (χ2n) is 4.46. The van der Waals surface area contributed by atoms with Crippen molar-refractivity contribution in [3.05, 3.63) is 64.4 Å². The van der Waals surface area contributed by atoms with Crippen LogP contribution in [0.3, 0.4) is 0 Å². The molecule has 3 nitrogen and oxygen atoms in total. The molecule has 0 atom stereocenters. The number of fused-ring (bicyclic) bond motifs is 1. The minimum absolute atomic E-state index is 0.401. The van der Waals surface area contributed by atoms with Gasteiger partial charge in [0.2, 0.25) is 0 Å². The molecule has 0 spiro atoms. The molecule has 0 aliphatic carbocycles. The van der Waals surface area contributed by atoms with Gasteiger partial charge in [-0.3, -0.25) is 0 Å². The van der Waals surface area contributed by atoms with Crippen LogP contribution in [-0.4, -0.2) is 11.1 Å². The van der Waals surface area contributed by atoms with E-state index in [-0.39, 0.29) is 0 Å². The maximum atomic E-state index is 11.1. The van der Waals surface area contributed by atoms with Gasteiger partial charge in [0.25, 0.3) is 0 Å². The molecule has 4 heteroatoms. The van der Waals surface area contributed by atoms with Gasteiger partial charge in [0, 0.05) is 17.6 Å². The normalized spacial score (nSPS) is 10.6. The first-order chi connectivity index (χ1) is 9.75. The lowest BCUT2D eigenvalue weighted by Gasteiger charge is -2.09. The van der Waals surface area contributed by atoms with Crippen molar-refractivity contribution in [2.75, 3.05) is 5.32 Å². The number of rotatable bonds is 4. The van der Waals surface area contributed by atoms with Crippen molar-refractivity contribution in [3.8, 4) is 0 Å². The number of carbonyl (C=O) groups is 1. The van der Waals surface area contributed by atoms with E-state index in [0.717, 1.165) is 16.6 Å². The van der Waals surface area contributed by atoms with Crippen molar-refractivity contribution in [2.45, 2.75) is 6.54 Å². The summed E-state index contributed by atoms with van der Waals surface area (Å²) in [7, 11) is 0. The Bertz CT molecular complexity index is 759. The van der Waals surface area contributed by atoms with E-state index >= 15 is 0 Å². The predicted octanol–water partition coefficient (Wildman–Crippen LogP) is 4.21. The number of aromatic carboxylic acids is 1. The lowest BCUT2D eigenvalue weighted by Crippen LogP contribution is -2.04. The minimum atomic E-state index is -0.866. The number of anilines is 1. The van der Waals surface area contributed by atoms with Crippen LogP contribution in [0.25, 0.3) is 10.8 Å². The molecule has 0 bridgehead atoms. The topological polar surface area (TPSA) is 49.3 Å². The van der Waals surface area contributed by atoms with Crippen molar-refractivity contribution in [1.29, 1.82) is 0 Å². The fourth-order valence-corrected chi connectivity index (χ4v) is 2.99. The first-order valence-electron chi connectivity index (χ1n) is 6.27. The van der Waals surface area contributed by atoms with E-state index < -0.39 is 5.97 Å². The zero-order valence-corrected chi connectivity index (χ0v) is 11.5. The molecule has 0 saturated heterocycles. The van der Waals surface area contributed by atoms with Crippen LogP contribution in [0, 0.1) is 0 Å². The molecular weight excluding hydrogens is 270 g/mol. The maximum Gasteiger partial charge on any atom is 0.346 e. The van der Waals surface area contributed by atoms with E-state index in [9.17, 15) is 4.79 Å². The number of nitrogens with one attached hydrogen (secondary N) is 1. The van der Waals surface area contributed by atoms with E-state index in [1.165, 1.54) is 16.7 Å². The van der Waals surface area contributed by atoms with Gasteiger partial charge in [0.15, 0.2) is 0 Å².